The lowest BCUT2D eigenvalue weighted by molar-refractivity contribution is 1.23. The van der Waals surface area contributed by atoms with Crippen molar-refractivity contribution in [1.82, 2.24) is 0 Å². The summed E-state index contributed by atoms with van der Waals surface area (Å²) in [6.07, 6.45) is 0. The van der Waals surface area contributed by atoms with Crippen LogP contribution in [0.4, 0.5) is 0 Å². The van der Waals surface area contributed by atoms with E-state index in [9.17, 15) is 0 Å². The van der Waals surface area contributed by atoms with E-state index in [1.165, 1.54) is 30.6 Å². The minimum absolute atomic E-state index is 1.06. The first-order valence-electron chi connectivity index (χ1n) is 8.73. The van der Waals surface area contributed by atoms with Gasteiger partial charge in [0.1, 0.15) is 0 Å². The molecule has 3 heteroatoms. The predicted molar refractivity (Wildman–Crippen MR) is 118 cm³/mol. The third kappa shape index (κ3) is 3.41. The molecule has 134 valence electrons. The Morgan fingerprint density at radius 2 is 0.778 bits per heavy atom. The van der Waals surface area contributed by atoms with Crippen LogP contribution < -0.4 is 0 Å². The zero-order valence-electron chi connectivity index (χ0n) is 14.7. The van der Waals surface area contributed by atoms with E-state index >= 15 is 0 Å². The van der Waals surface area contributed by atoms with Crippen molar-refractivity contribution < 1.29 is 0 Å². The summed E-state index contributed by atoms with van der Waals surface area (Å²) in [5.41, 5.74) is 0. The molecule has 0 nitrogen and oxygen atoms in total. The molecule has 4 aromatic rings. The van der Waals surface area contributed by atoms with Crippen molar-refractivity contribution in [3.8, 4) is 0 Å². The third-order valence-electron chi connectivity index (χ3n) is 4.56. The SMILES string of the molecule is ClSc1ccc(S(c2ccccc2)(c2ccccc2)c2ccccc2)cc1. The number of hydrogen-bond donors (Lipinski definition) is 0. The maximum atomic E-state index is 5.97. The van der Waals surface area contributed by atoms with E-state index in [4.69, 9.17) is 10.7 Å². The first kappa shape index (κ1) is 18.2. The van der Waals surface area contributed by atoms with Crippen LogP contribution in [0.25, 0.3) is 0 Å². The molecular formula is C24H19ClS2. The number of rotatable bonds is 5. The molecule has 0 aliphatic rings. The van der Waals surface area contributed by atoms with Gasteiger partial charge in [-0.05, 0) is 82.3 Å². The monoisotopic (exact) mass is 406 g/mol. The first-order chi connectivity index (χ1) is 13.4. The van der Waals surface area contributed by atoms with E-state index in [0.29, 0.717) is 0 Å². The van der Waals surface area contributed by atoms with E-state index in [-0.39, 0.29) is 0 Å². The topological polar surface area (TPSA) is 0 Å². The van der Waals surface area contributed by atoms with Crippen LogP contribution in [0.15, 0.2) is 140 Å². The molecule has 0 saturated heterocycles. The maximum absolute atomic E-state index is 5.97. The molecule has 4 aromatic carbocycles. The highest BCUT2D eigenvalue weighted by atomic mass is 35.7. The van der Waals surface area contributed by atoms with E-state index in [1.54, 1.807) is 0 Å². The van der Waals surface area contributed by atoms with Gasteiger partial charge >= 0.3 is 0 Å². The Morgan fingerprint density at radius 1 is 0.444 bits per heavy atom. The quantitative estimate of drug-likeness (QED) is 0.321. The highest BCUT2D eigenvalue weighted by molar-refractivity contribution is 8.34. The fraction of sp³-hybridized carbons (Fsp3) is 0. The molecule has 0 aliphatic carbocycles. The Kier molecular flexibility index (Phi) is 5.58. The lowest BCUT2D eigenvalue weighted by atomic mass is 10.3. The molecule has 0 amide bonds. The highest BCUT2D eigenvalue weighted by Crippen LogP contribution is 2.73. The molecule has 0 fully saturated rings. The van der Waals surface area contributed by atoms with Crippen molar-refractivity contribution in [2.45, 2.75) is 24.5 Å². The van der Waals surface area contributed by atoms with Crippen molar-refractivity contribution in [2.24, 2.45) is 0 Å². The van der Waals surface area contributed by atoms with Gasteiger partial charge in [-0.15, -0.1) is 10.0 Å². The average molecular weight is 407 g/mol. The molecule has 0 aliphatic heterocycles. The van der Waals surface area contributed by atoms with Gasteiger partial charge in [0.05, 0.1) is 0 Å². The fourth-order valence-corrected chi connectivity index (χ4v) is 7.81. The molecule has 0 radical (unpaired) electrons. The molecule has 0 aromatic heterocycles. The van der Waals surface area contributed by atoms with Crippen LogP contribution in [0.1, 0.15) is 0 Å². The van der Waals surface area contributed by atoms with E-state index < -0.39 is 10.0 Å². The van der Waals surface area contributed by atoms with E-state index in [2.05, 4.69) is 115 Å². The van der Waals surface area contributed by atoms with Crippen LogP contribution in [0, 0.1) is 0 Å². The van der Waals surface area contributed by atoms with Gasteiger partial charge in [-0.2, -0.15) is 0 Å². The van der Waals surface area contributed by atoms with Gasteiger partial charge in [-0.3, -0.25) is 0 Å². The molecule has 0 N–H and O–H groups in total. The minimum atomic E-state index is -1.59. The molecule has 0 atom stereocenters. The average Bonchev–Trinajstić information content (AvgIpc) is 2.77. The smallest absolute Gasteiger partial charge is 0.0234 e. The Morgan fingerprint density at radius 3 is 1.11 bits per heavy atom. The fourth-order valence-electron chi connectivity index (χ4n) is 3.39. The lowest BCUT2D eigenvalue weighted by Gasteiger charge is -2.42. The van der Waals surface area contributed by atoms with Crippen LogP contribution in [-0.4, -0.2) is 0 Å². The molecule has 0 spiro atoms. The molecule has 27 heavy (non-hydrogen) atoms. The summed E-state index contributed by atoms with van der Waals surface area (Å²) in [5, 5.41) is 0. The van der Waals surface area contributed by atoms with Crippen molar-refractivity contribution in [1.29, 1.82) is 0 Å². The van der Waals surface area contributed by atoms with Gasteiger partial charge in [0.2, 0.25) is 0 Å². The van der Waals surface area contributed by atoms with Gasteiger partial charge < -0.3 is 0 Å². The Labute approximate surface area is 171 Å². The molecular weight excluding hydrogens is 388 g/mol. The summed E-state index contributed by atoms with van der Waals surface area (Å²) in [5.74, 6) is 0. The second-order valence-corrected chi connectivity index (χ2v) is 10.3. The van der Waals surface area contributed by atoms with Gasteiger partial charge in [-0.25, -0.2) is 0 Å². The van der Waals surface area contributed by atoms with Gasteiger partial charge in [0, 0.05) is 24.5 Å². The molecule has 0 heterocycles. The van der Waals surface area contributed by atoms with Crippen LogP contribution in [-0.2, 0) is 0 Å². The second-order valence-electron chi connectivity index (χ2n) is 6.10. The number of halogens is 1. The first-order valence-corrected chi connectivity index (χ1v) is 12.0. The summed E-state index contributed by atoms with van der Waals surface area (Å²) in [6.45, 7) is 0. The Balaban J connectivity index is 2.09. The number of hydrogen-bond acceptors (Lipinski definition) is 1. The van der Waals surface area contributed by atoms with Crippen LogP contribution in [0.3, 0.4) is 0 Å². The summed E-state index contributed by atoms with van der Waals surface area (Å²) < 4.78 is 0. The maximum Gasteiger partial charge on any atom is 0.0234 e. The summed E-state index contributed by atoms with van der Waals surface area (Å²) in [4.78, 5) is 6.35. The van der Waals surface area contributed by atoms with Gasteiger partial charge in [0.25, 0.3) is 0 Å². The largest absolute Gasteiger partial charge is 0.133 e. The highest BCUT2D eigenvalue weighted by Gasteiger charge is 2.32. The molecule has 0 saturated carbocycles. The predicted octanol–water partition coefficient (Wildman–Crippen LogP) is 8.27. The summed E-state index contributed by atoms with van der Waals surface area (Å²) in [6, 6.07) is 41.2. The summed E-state index contributed by atoms with van der Waals surface area (Å²) >= 11 is 0. The van der Waals surface area contributed by atoms with Crippen molar-refractivity contribution in [3.63, 3.8) is 0 Å². The van der Waals surface area contributed by atoms with Gasteiger partial charge in [-0.1, -0.05) is 54.6 Å². The number of benzene rings is 4. The van der Waals surface area contributed by atoms with Crippen LogP contribution in [0.5, 0.6) is 0 Å². The minimum Gasteiger partial charge on any atom is -0.133 e. The molecule has 0 unspecified atom stereocenters. The van der Waals surface area contributed by atoms with Crippen LogP contribution in [0.2, 0.25) is 0 Å². The Bertz CT molecular complexity index is 888. The lowest BCUT2D eigenvalue weighted by Crippen LogP contribution is -2.04. The van der Waals surface area contributed by atoms with E-state index in [0.717, 1.165) is 4.90 Å². The van der Waals surface area contributed by atoms with Crippen molar-refractivity contribution >= 4 is 31.7 Å². The molecule has 4 rings (SSSR count). The summed E-state index contributed by atoms with van der Waals surface area (Å²) in [7, 11) is 5.64. The second kappa shape index (κ2) is 8.26. The van der Waals surface area contributed by atoms with Crippen molar-refractivity contribution in [3.05, 3.63) is 115 Å². The standard InChI is InChI=1S/C24H19ClS2/c25-26-20-16-18-24(19-17-20)27(21-10-4-1-5-11-21,22-12-6-2-7-13-22)23-14-8-3-9-15-23/h1-19H. The van der Waals surface area contributed by atoms with Crippen LogP contribution >= 0.6 is 31.7 Å². The van der Waals surface area contributed by atoms with Gasteiger partial charge in [0.15, 0.2) is 0 Å². The normalized spacial score (nSPS) is 11.9. The zero-order chi connectivity index (χ0) is 18.5. The molecule has 0 bridgehead atoms. The zero-order valence-corrected chi connectivity index (χ0v) is 17.1. The van der Waals surface area contributed by atoms with E-state index in [1.807, 2.05) is 0 Å². The van der Waals surface area contributed by atoms with Crippen molar-refractivity contribution in [2.75, 3.05) is 0 Å². The Hall–Kier alpha value is -2.13. The third-order valence-corrected chi connectivity index (χ3v) is 9.46.